The van der Waals surface area contributed by atoms with Crippen molar-refractivity contribution in [1.29, 1.82) is 0 Å². The number of benzene rings is 5. The number of methoxy groups -OCH3 is 2. The minimum Gasteiger partial charge on any atom is -0.497 e. The van der Waals surface area contributed by atoms with E-state index >= 15 is 0 Å². The second-order valence-electron chi connectivity index (χ2n) is 12.8. The number of imidazole rings is 1. The van der Waals surface area contributed by atoms with Crippen LogP contribution >= 0.6 is 0 Å². The Balaban J connectivity index is 1.06. The molecule has 1 aliphatic heterocycles. The van der Waals surface area contributed by atoms with Crippen LogP contribution in [-0.4, -0.2) is 57.7 Å². The molecule has 2 N–H and O–H groups in total. The number of ether oxygens (including phenoxy) is 4. The van der Waals surface area contributed by atoms with Crippen molar-refractivity contribution >= 4 is 27.8 Å². The number of nitrogens with one attached hydrogen (secondary N) is 1. The van der Waals surface area contributed by atoms with Crippen LogP contribution in [0.25, 0.3) is 21.9 Å². The standard InChI is InChI=1S/C42H39N5O5/c1-49-33-19-15-31(16-20-33)42(30-12-4-3-5-13-30,32-17-21-34(50-2)22-18-32)51-25-37-36(48)23-38(52-37)47-27-46-39-40(44-26-45-41(39)47)43-24-29-11-8-10-28-9-6-7-14-35(28)29/h3-22,26-27,36-38,48H,23-25H2,1-2H3,(H,43,44,45)/t36-,37+,38+/m0/s1. The van der Waals surface area contributed by atoms with Crippen molar-refractivity contribution in [2.24, 2.45) is 0 Å². The monoisotopic (exact) mass is 693 g/mol. The third kappa shape index (κ3) is 6.21. The summed E-state index contributed by atoms with van der Waals surface area (Å²) in [4.78, 5) is 13.8. The Morgan fingerprint density at radius 2 is 1.42 bits per heavy atom. The van der Waals surface area contributed by atoms with Crippen LogP contribution < -0.4 is 14.8 Å². The molecule has 10 nitrogen and oxygen atoms in total. The summed E-state index contributed by atoms with van der Waals surface area (Å²) in [5.41, 5.74) is 4.08. The zero-order valence-electron chi connectivity index (χ0n) is 28.9. The van der Waals surface area contributed by atoms with Gasteiger partial charge in [0.2, 0.25) is 0 Å². The van der Waals surface area contributed by atoms with Gasteiger partial charge in [0.15, 0.2) is 17.0 Å². The molecule has 0 amide bonds. The topological polar surface area (TPSA) is 113 Å². The first-order valence-electron chi connectivity index (χ1n) is 17.3. The summed E-state index contributed by atoms with van der Waals surface area (Å²) in [6.45, 7) is 0.675. The molecule has 7 aromatic rings. The van der Waals surface area contributed by atoms with Crippen molar-refractivity contribution in [3.8, 4) is 11.5 Å². The van der Waals surface area contributed by atoms with Crippen LogP contribution in [0, 0.1) is 0 Å². The average molecular weight is 694 g/mol. The molecule has 1 saturated heterocycles. The third-order valence-corrected chi connectivity index (χ3v) is 9.84. The summed E-state index contributed by atoms with van der Waals surface area (Å²) in [5, 5.41) is 17.2. The number of aliphatic hydroxyl groups is 1. The maximum absolute atomic E-state index is 11.4. The maximum atomic E-state index is 11.4. The highest BCUT2D eigenvalue weighted by atomic mass is 16.6. The molecule has 1 aliphatic rings. The molecular weight excluding hydrogens is 654 g/mol. The van der Waals surface area contributed by atoms with Gasteiger partial charge in [-0.1, -0.05) is 97.1 Å². The van der Waals surface area contributed by atoms with E-state index in [2.05, 4.69) is 50.6 Å². The molecule has 0 bridgehead atoms. The molecule has 0 unspecified atom stereocenters. The number of nitrogens with zero attached hydrogens (tertiary/aromatic N) is 4. The molecule has 1 fully saturated rings. The van der Waals surface area contributed by atoms with Crippen molar-refractivity contribution < 1.29 is 24.1 Å². The van der Waals surface area contributed by atoms with E-state index < -0.39 is 24.0 Å². The van der Waals surface area contributed by atoms with Gasteiger partial charge >= 0.3 is 0 Å². The SMILES string of the molecule is COc1ccc(C(OC[C@H]2O[C@@H](n3cnc4c(NCc5cccc6ccccc56)ncnc43)C[C@@H]2O)(c2ccccc2)c2ccc(OC)cc2)cc1. The summed E-state index contributed by atoms with van der Waals surface area (Å²) in [6.07, 6.45) is 1.62. The van der Waals surface area contributed by atoms with Crippen molar-refractivity contribution in [2.75, 3.05) is 26.1 Å². The fourth-order valence-corrected chi connectivity index (χ4v) is 7.13. The van der Waals surface area contributed by atoms with E-state index in [1.165, 1.54) is 17.1 Å². The third-order valence-electron chi connectivity index (χ3n) is 9.84. The molecule has 0 radical (unpaired) electrons. The van der Waals surface area contributed by atoms with Crippen LogP contribution in [0.2, 0.25) is 0 Å². The van der Waals surface area contributed by atoms with E-state index in [0.717, 1.165) is 33.8 Å². The van der Waals surface area contributed by atoms with Gasteiger partial charge in [0.25, 0.3) is 0 Å². The summed E-state index contributed by atoms with van der Waals surface area (Å²) >= 11 is 0. The minimum atomic E-state index is -1.04. The average Bonchev–Trinajstić information content (AvgIpc) is 3.81. The van der Waals surface area contributed by atoms with Gasteiger partial charge in [0, 0.05) is 13.0 Å². The van der Waals surface area contributed by atoms with Gasteiger partial charge in [-0.3, -0.25) is 4.57 Å². The van der Waals surface area contributed by atoms with Gasteiger partial charge in [-0.25, -0.2) is 15.0 Å². The number of aromatic nitrogens is 4. The number of rotatable bonds is 12. The molecule has 10 heteroatoms. The lowest BCUT2D eigenvalue weighted by Crippen LogP contribution is -2.38. The van der Waals surface area contributed by atoms with Gasteiger partial charge in [-0.2, -0.15) is 0 Å². The predicted octanol–water partition coefficient (Wildman–Crippen LogP) is 7.27. The number of hydrogen-bond donors (Lipinski definition) is 2. The van der Waals surface area contributed by atoms with E-state index in [-0.39, 0.29) is 6.61 Å². The lowest BCUT2D eigenvalue weighted by atomic mass is 9.80. The van der Waals surface area contributed by atoms with E-state index in [9.17, 15) is 5.11 Å². The lowest BCUT2D eigenvalue weighted by molar-refractivity contribution is -0.0931. The first-order chi connectivity index (χ1) is 25.6. The van der Waals surface area contributed by atoms with Crippen molar-refractivity contribution in [2.45, 2.75) is 37.0 Å². The van der Waals surface area contributed by atoms with Crippen molar-refractivity contribution in [1.82, 2.24) is 19.5 Å². The number of anilines is 1. The fourth-order valence-electron chi connectivity index (χ4n) is 7.13. The molecule has 8 rings (SSSR count). The number of hydrogen-bond acceptors (Lipinski definition) is 9. The van der Waals surface area contributed by atoms with Crippen LogP contribution in [-0.2, 0) is 21.6 Å². The van der Waals surface area contributed by atoms with Gasteiger partial charge in [-0.15, -0.1) is 0 Å². The summed E-state index contributed by atoms with van der Waals surface area (Å²) in [5.74, 6) is 2.10. The van der Waals surface area contributed by atoms with Crippen molar-refractivity contribution in [3.63, 3.8) is 0 Å². The predicted molar refractivity (Wildman–Crippen MR) is 199 cm³/mol. The van der Waals surface area contributed by atoms with Gasteiger partial charge in [0.05, 0.1) is 33.3 Å². The zero-order chi connectivity index (χ0) is 35.5. The quantitative estimate of drug-likeness (QED) is 0.128. The first-order valence-corrected chi connectivity index (χ1v) is 17.3. The summed E-state index contributed by atoms with van der Waals surface area (Å²) in [6, 6.07) is 40.4. The van der Waals surface area contributed by atoms with Crippen LogP contribution in [0.3, 0.4) is 0 Å². The van der Waals surface area contributed by atoms with Crippen molar-refractivity contribution in [3.05, 3.63) is 156 Å². The molecule has 5 aromatic carbocycles. The molecule has 0 aliphatic carbocycles. The number of aliphatic hydroxyl groups excluding tert-OH is 1. The second-order valence-corrected chi connectivity index (χ2v) is 12.8. The highest BCUT2D eigenvalue weighted by Crippen LogP contribution is 2.43. The largest absolute Gasteiger partial charge is 0.497 e. The Morgan fingerprint density at radius 1 is 0.769 bits per heavy atom. The normalized spacial score (nSPS) is 17.4. The van der Waals surface area contributed by atoms with E-state index in [4.69, 9.17) is 18.9 Å². The number of fused-ring (bicyclic) bond motifs is 2. The highest BCUT2D eigenvalue weighted by molar-refractivity contribution is 5.86. The molecule has 0 spiro atoms. The highest BCUT2D eigenvalue weighted by Gasteiger charge is 2.42. The zero-order valence-corrected chi connectivity index (χ0v) is 28.9. The van der Waals surface area contributed by atoms with Gasteiger partial charge in [-0.05, 0) is 57.3 Å². The lowest BCUT2D eigenvalue weighted by Gasteiger charge is -2.37. The molecule has 3 atom stereocenters. The van der Waals surface area contributed by atoms with Gasteiger partial charge < -0.3 is 29.4 Å². The smallest absolute Gasteiger partial charge is 0.167 e. The van der Waals surface area contributed by atoms with Crippen LogP contribution in [0.4, 0.5) is 5.82 Å². The van der Waals surface area contributed by atoms with Crippen LogP contribution in [0.5, 0.6) is 11.5 Å². The van der Waals surface area contributed by atoms with Crippen LogP contribution in [0.1, 0.15) is 34.9 Å². The Morgan fingerprint density at radius 3 is 2.13 bits per heavy atom. The molecular formula is C42H39N5O5. The summed E-state index contributed by atoms with van der Waals surface area (Å²) < 4.78 is 26.4. The second kappa shape index (κ2) is 14.4. The van der Waals surface area contributed by atoms with E-state index in [1.54, 1.807) is 20.5 Å². The molecule has 262 valence electrons. The minimum absolute atomic E-state index is 0.101. The van der Waals surface area contributed by atoms with Crippen LogP contribution in [0.15, 0.2) is 134 Å². The fraction of sp³-hybridized carbons (Fsp3) is 0.214. The Hall–Kier alpha value is -5.81. The molecule has 2 aromatic heterocycles. The molecule has 3 heterocycles. The van der Waals surface area contributed by atoms with E-state index in [0.29, 0.717) is 29.9 Å². The first kappa shape index (κ1) is 33.3. The van der Waals surface area contributed by atoms with E-state index in [1.807, 2.05) is 95.6 Å². The Labute approximate surface area is 301 Å². The Kier molecular flexibility index (Phi) is 9.25. The summed E-state index contributed by atoms with van der Waals surface area (Å²) in [7, 11) is 3.29. The molecule has 52 heavy (non-hydrogen) atoms. The maximum Gasteiger partial charge on any atom is 0.167 e. The molecule has 0 saturated carbocycles. The van der Waals surface area contributed by atoms with Gasteiger partial charge in [0.1, 0.15) is 35.8 Å². The Bertz CT molecular complexity index is 2220.